The van der Waals surface area contributed by atoms with Crippen LogP contribution >= 0.6 is 0 Å². The minimum absolute atomic E-state index is 0.273. The molecule has 0 bridgehead atoms. The average Bonchev–Trinajstić information content (AvgIpc) is 2.55. The van der Waals surface area contributed by atoms with E-state index in [1.165, 1.54) is 38.9 Å². The van der Waals surface area contributed by atoms with Crippen molar-refractivity contribution in [2.75, 3.05) is 0 Å². The molecule has 23 heavy (non-hydrogen) atoms. The first-order valence-electron chi connectivity index (χ1n) is 7.99. The number of aromatic nitrogens is 4. The SMILES string of the molecule is C[n+]1cccc2c1B1c3c(cncc3Cc3cnc[n+](C)c31)C2. The monoisotopic (exact) mass is 300 g/mol. The zero-order valence-electron chi connectivity index (χ0n) is 13.3. The summed E-state index contributed by atoms with van der Waals surface area (Å²) in [6.07, 6.45) is 12.1. The third-order valence-electron chi connectivity index (χ3n) is 5.25. The molecule has 0 saturated carbocycles. The normalized spacial score (nSPS) is 14.1. The summed E-state index contributed by atoms with van der Waals surface area (Å²) in [4.78, 5) is 8.89. The van der Waals surface area contributed by atoms with E-state index < -0.39 is 0 Å². The van der Waals surface area contributed by atoms with Gasteiger partial charge in [0.15, 0.2) is 11.8 Å². The van der Waals surface area contributed by atoms with Crippen LogP contribution in [0, 0.1) is 0 Å². The average molecular weight is 300 g/mol. The maximum absolute atomic E-state index is 4.49. The van der Waals surface area contributed by atoms with Crippen molar-refractivity contribution in [3.63, 3.8) is 0 Å². The fourth-order valence-corrected chi connectivity index (χ4v) is 4.35. The van der Waals surface area contributed by atoms with Gasteiger partial charge in [0.2, 0.25) is 0 Å². The van der Waals surface area contributed by atoms with E-state index in [4.69, 9.17) is 0 Å². The van der Waals surface area contributed by atoms with E-state index in [1.807, 2.05) is 24.9 Å². The standard InChI is InChI=1S/C18H17BN4/c1-22-5-3-4-12-6-13-8-20-9-14-7-15-10-21-11-23(2)18(15)19(16(13)14)17(12)22/h3-5,8-11H,6-7H2,1-2H3/q+2. The molecule has 3 aromatic heterocycles. The van der Waals surface area contributed by atoms with Crippen LogP contribution in [0.4, 0.5) is 0 Å². The molecule has 3 aromatic rings. The van der Waals surface area contributed by atoms with Crippen LogP contribution in [0.5, 0.6) is 0 Å². The lowest BCUT2D eigenvalue weighted by Gasteiger charge is -2.29. The Morgan fingerprint density at radius 3 is 2.39 bits per heavy atom. The first-order valence-corrected chi connectivity index (χ1v) is 7.99. The van der Waals surface area contributed by atoms with E-state index in [1.54, 1.807) is 0 Å². The Balaban J connectivity index is 1.91. The topological polar surface area (TPSA) is 33.5 Å². The molecule has 5 heterocycles. The summed E-state index contributed by atoms with van der Waals surface area (Å²) in [5.41, 5.74) is 9.65. The molecule has 0 atom stereocenters. The van der Waals surface area contributed by atoms with Crippen molar-refractivity contribution in [3.8, 4) is 0 Å². The molecule has 0 aliphatic carbocycles. The first kappa shape index (κ1) is 12.9. The highest BCUT2D eigenvalue weighted by atomic mass is 15.0. The molecule has 4 nitrogen and oxygen atoms in total. The molecule has 2 aliphatic rings. The van der Waals surface area contributed by atoms with Crippen LogP contribution in [0.15, 0.2) is 43.2 Å². The van der Waals surface area contributed by atoms with Crippen LogP contribution < -0.4 is 25.8 Å². The van der Waals surface area contributed by atoms with Crippen molar-refractivity contribution >= 4 is 23.4 Å². The fourth-order valence-electron chi connectivity index (χ4n) is 4.35. The zero-order valence-corrected chi connectivity index (χ0v) is 13.3. The molecule has 0 aromatic carbocycles. The molecule has 0 amide bonds. The second-order valence-corrected chi connectivity index (χ2v) is 6.60. The Kier molecular flexibility index (Phi) is 2.52. The Bertz CT molecular complexity index is 861. The molecule has 0 unspecified atom stereocenters. The van der Waals surface area contributed by atoms with Crippen molar-refractivity contribution in [3.05, 3.63) is 65.5 Å². The van der Waals surface area contributed by atoms with Gasteiger partial charge in [0.1, 0.15) is 13.2 Å². The Morgan fingerprint density at radius 1 is 0.870 bits per heavy atom. The van der Waals surface area contributed by atoms with Crippen LogP contribution in [-0.4, -0.2) is 16.7 Å². The van der Waals surface area contributed by atoms with Gasteiger partial charge >= 0.3 is 6.71 Å². The highest BCUT2D eigenvalue weighted by molar-refractivity contribution is 6.95. The summed E-state index contributed by atoms with van der Waals surface area (Å²) >= 11 is 0. The van der Waals surface area contributed by atoms with E-state index in [-0.39, 0.29) is 6.71 Å². The minimum Gasteiger partial charge on any atom is -0.264 e. The van der Waals surface area contributed by atoms with Gasteiger partial charge in [-0.3, -0.25) is 4.98 Å². The van der Waals surface area contributed by atoms with Crippen LogP contribution in [-0.2, 0) is 26.9 Å². The lowest BCUT2D eigenvalue weighted by molar-refractivity contribution is -0.660. The van der Waals surface area contributed by atoms with E-state index in [0.29, 0.717) is 0 Å². The summed E-state index contributed by atoms with van der Waals surface area (Å²) in [5.74, 6) is 0. The van der Waals surface area contributed by atoms with E-state index in [0.717, 1.165) is 12.8 Å². The number of fused-ring (bicyclic) bond motifs is 4. The fraction of sp³-hybridized carbons (Fsp3) is 0.222. The van der Waals surface area contributed by atoms with Crippen molar-refractivity contribution in [2.24, 2.45) is 14.1 Å². The second kappa shape index (κ2) is 4.48. The Morgan fingerprint density at radius 2 is 1.57 bits per heavy atom. The molecule has 5 rings (SSSR count). The molecule has 110 valence electrons. The lowest BCUT2D eigenvalue weighted by atomic mass is 9.33. The zero-order chi connectivity index (χ0) is 15.6. The Hall–Kier alpha value is -2.56. The summed E-state index contributed by atoms with van der Waals surface area (Å²) in [6.45, 7) is 0.273. The van der Waals surface area contributed by atoms with Gasteiger partial charge in [0.05, 0.1) is 12.6 Å². The van der Waals surface area contributed by atoms with Gasteiger partial charge in [-0.15, -0.1) is 0 Å². The number of nitrogens with zero attached hydrogens (tertiary/aromatic N) is 4. The van der Waals surface area contributed by atoms with Crippen LogP contribution in [0.1, 0.15) is 22.3 Å². The van der Waals surface area contributed by atoms with E-state index in [9.17, 15) is 0 Å². The summed E-state index contributed by atoms with van der Waals surface area (Å²) in [7, 11) is 4.26. The summed E-state index contributed by atoms with van der Waals surface area (Å²) < 4.78 is 4.47. The van der Waals surface area contributed by atoms with Crippen LogP contribution in [0.3, 0.4) is 0 Å². The number of aryl methyl sites for hydroxylation is 2. The maximum Gasteiger partial charge on any atom is 0.375 e. The highest BCUT2D eigenvalue weighted by Crippen LogP contribution is 2.18. The molecule has 0 fully saturated rings. The third kappa shape index (κ3) is 1.67. The molecule has 0 radical (unpaired) electrons. The molecule has 5 heteroatoms. The van der Waals surface area contributed by atoms with Crippen LogP contribution in [0.25, 0.3) is 0 Å². The molecule has 0 saturated heterocycles. The molecule has 0 spiro atoms. The lowest BCUT2D eigenvalue weighted by Crippen LogP contribution is -2.75. The van der Waals surface area contributed by atoms with E-state index in [2.05, 4.69) is 51.5 Å². The van der Waals surface area contributed by atoms with Crippen LogP contribution in [0.2, 0.25) is 0 Å². The van der Waals surface area contributed by atoms with Gasteiger partial charge in [-0.25, -0.2) is 9.13 Å². The van der Waals surface area contributed by atoms with Gasteiger partial charge in [0.25, 0.3) is 6.33 Å². The van der Waals surface area contributed by atoms with Crippen molar-refractivity contribution in [1.82, 2.24) is 9.97 Å². The predicted octanol–water partition coefficient (Wildman–Crippen LogP) is -1.55. The number of pyridine rings is 2. The maximum atomic E-state index is 4.49. The third-order valence-corrected chi connectivity index (χ3v) is 5.25. The van der Waals surface area contributed by atoms with Crippen molar-refractivity contribution in [1.29, 1.82) is 0 Å². The van der Waals surface area contributed by atoms with E-state index >= 15 is 0 Å². The minimum atomic E-state index is 0.273. The molecule has 0 N–H and O–H groups in total. The summed E-state index contributed by atoms with van der Waals surface area (Å²) in [6, 6.07) is 4.39. The van der Waals surface area contributed by atoms with Gasteiger partial charge in [-0.1, -0.05) is 4.98 Å². The Labute approximate surface area is 135 Å². The van der Waals surface area contributed by atoms with Gasteiger partial charge in [0, 0.05) is 42.4 Å². The predicted molar refractivity (Wildman–Crippen MR) is 87.5 cm³/mol. The molecule has 2 aliphatic heterocycles. The number of rotatable bonds is 0. The van der Waals surface area contributed by atoms with Gasteiger partial charge in [-0.2, -0.15) is 0 Å². The largest absolute Gasteiger partial charge is 0.375 e. The molecular weight excluding hydrogens is 283 g/mol. The number of hydrogen-bond donors (Lipinski definition) is 0. The first-order chi connectivity index (χ1) is 11.2. The van der Waals surface area contributed by atoms with Crippen molar-refractivity contribution in [2.45, 2.75) is 12.8 Å². The number of hydrogen-bond acceptors (Lipinski definition) is 2. The van der Waals surface area contributed by atoms with Crippen molar-refractivity contribution < 1.29 is 9.13 Å². The van der Waals surface area contributed by atoms with Gasteiger partial charge in [-0.05, 0) is 22.7 Å². The van der Waals surface area contributed by atoms with Gasteiger partial charge < -0.3 is 0 Å². The summed E-state index contributed by atoms with van der Waals surface area (Å²) in [5, 5.41) is 0. The smallest absolute Gasteiger partial charge is 0.264 e. The molecular formula is C18H17BN4+2. The quantitative estimate of drug-likeness (QED) is 0.256. The second-order valence-electron chi connectivity index (χ2n) is 6.60. The highest BCUT2D eigenvalue weighted by Gasteiger charge is 2.46.